The van der Waals surface area contributed by atoms with Gasteiger partial charge in [-0.3, -0.25) is 10.0 Å². The predicted molar refractivity (Wildman–Crippen MR) is 42.2 cm³/mol. The van der Waals surface area contributed by atoms with Gasteiger partial charge in [-0.05, 0) is 0 Å². The predicted octanol–water partition coefficient (Wildman–Crippen LogP) is 0.464. The van der Waals surface area contributed by atoms with E-state index in [1.54, 1.807) is 0 Å². The summed E-state index contributed by atoms with van der Waals surface area (Å²) in [5, 5.41) is 6.03. The maximum atomic E-state index is 5.36. The lowest BCUT2D eigenvalue weighted by atomic mass is 10.2. The van der Waals surface area contributed by atoms with Gasteiger partial charge in [0.15, 0.2) is 0 Å². The lowest BCUT2D eigenvalue weighted by molar-refractivity contribution is 0.213. The first kappa shape index (κ1) is 7.12. The van der Waals surface area contributed by atoms with Gasteiger partial charge in [0.2, 0.25) is 0 Å². The summed E-state index contributed by atoms with van der Waals surface area (Å²) in [6, 6.07) is 0. The average Bonchev–Trinajstić information content (AvgIpc) is 1.77. The van der Waals surface area contributed by atoms with E-state index >= 15 is 0 Å². The molecule has 1 rings (SSSR count). The molecule has 9 heavy (non-hydrogen) atoms. The van der Waals surface area contributed by atoms with Gasteiger partial charge in [0, 0.05) is 24.9 Å². The number of hydrogen-bond acceptors (Lipinski definition) is 3. The Balaban J connectivity index is 2.04. The Hall–Kier alpha value is 0.01000. The minimum Gasteiger partial charge on any atom is -0.297 e. The molecule has 0 aromatic rings. The van der Waals surface area contributed by atoms with Crippen LogP contribution in [0, 0.1) is 0 Å². The van der Waals surface area contributed by atoms with E-state index in [0.717, 1.165) is 19.6 Å². The first-order valence-corrected chi connectivity index (χ1v) is 4.00. The van der Waals surface area contributed by atoms with Crippen LogP contribution in [0.2, 0.25) is 0 Å². The lowest BCUT2D eigenvalue weighted by Crippen LogP contribution is -2.49. The van der Waals surface area contributed by atoms with E-state index < -0.39 is 0 Å². The maximum absolute atomic E-state index is 5.36. The standard InChI is InChI=1S/C6H12N2S/c1-2-3-8-4-6(5-8)9-7/h2,6H,1,3-5,7H2. The monoisotopic (exact) mass is 144 g/mol. The number of rotatable bonds is 3. The molecule has 0 radical (unpaired) electrons. The van der Waals surface area contributed by atoms with Crippen molar-refractivity contribution in [1.29, 1.82) is 0 Å². The molecule has 0 saturated carbocycles. The molecule has 0 atom stereocenters. The quantitative estimate of drug-likeness (QED) is 0.461. The van der Waals surface area contributed by atoms with Crippen molar-refractivity contribution in [3.05, 3.63) is 12.7 Å². The van der Waals surface area contributed by atoms with Crippen LogP contribution in [0.1, 0.15) is 0 Å². The molecule has 3 heteroatoms. The van der Waals surface area contributed by atoms with Gasteiger partial charge in [0.25, 0.3) is 0 Å². The molecule has 0 aromatic carbocycles. The van der Waals surface area contributed by atoms with E-state index in [2.05, 4.69) is 11.5 Å². The normalized spacial score (nSPS) is 21.4. The van der Waals surface area contributed by atoms with Gasteiger partial charge in [-0.15, -0.1) is 6.58 Å². The molecule has 0 aromatic heterocycles. The summed E-state index contributed by atoms with van der Waals surface area (Å²) in [6.45, 7) is 6.93. The van der Waals surface area contributed by atoms with Crippen molar-refractivity contribution in [3.63, 3.8) is 0 Å². The zero-order valence-corrected chi connectivity index (χ0v) is 6.23. The van der Waals surface area contributed by atoms with Gasteiger partial charge >= 0.3 is 0 Å². The number of likely N-dealkylation sites (tertiary alicyclic amines) is 1. The van der Waals surface area contributed by atoms with Crippen molar-refractivity contribution in [1.82, 2.24) is 4.90 Å². The van der Waals surface area contributed by atoms with Crippen molar-refractivity contribution >= 4 is 11.9 Å². The van der Waals surface area contributed by atoms with Crippen LogP contribution in [0.5, 0.6) is 0 Å². The van der Waals surface area contributed by atoms with Crippen molar-refractivity contribution in [2.45, 2.75) is 5.25 Å². The van der Waals surface area contributed by atoms with Gasteiger partial charge in [-0.25, -0.2) is 0 Å². The fourth-order valence-electron chi connectivity index (χ4n) is 0.940. The Morgan fingerprint density at radius 2 is 2.44 bits per heavy atom. The molecule has 52 valence electrons. The fraction of sp³-hybridized carbons (Fsp3) is 0.667. The number of hydrogen-bond donors (Lipinski definition) is 1. The van der Waals surface area contributed by atoms with Gasteiger partial charge in [0.1, 0.15) is 0 Å². The molecule has 0 aliphatic carbocycles. The van der Waals surface area contributed by atoms with Gasteiger partial charge < -0.3 is 0 Å². The Kier molecular flexibility index (Phi) is 2.57. The van der Waals surface area contributed by atoms with Crippen LogP contribution in [0.4, 0.5) is 0 Å². The molecule has 0 amide bonds. The van der Waals surface area contributed by atoms with E-state index in [-0.39, 0.29) is 0 Å². The lowest BCUT2D eigenvalue weighted by Gasteiger charge is -2.36. The first-order chi connectivity index (χ1) is 4.36. The topological polar surface area (TPSA) is 29.3 Å². The zero-order chi connectivity index (χ0) is 6.69. The third-order valence-corrected chi connectivity index (χ3v) is 2.19. The SMILES string of the molecule is C=CCN1CC(SN)C1. The summed E-state index contributed by atoms with van der Waals surface area (Å²) >= 11 is 1.47. The molecule has 0 unspecified atom stereocenters. The average molecular weight is 144 g/mol. The van der Waals surface area contributed by atoms with E-state index in [9.17, 15) is 0 Å². The Labute approximate surface area is 60.2 Å². The third kappa shape index (κ3) is 1.71. The van der Waals surface area contributed by atoms with Crippen LogP contribution in [0.3, 0.4) is 0 Å². The summed E-state index contributed by atoms with van der Waals surface area (Å²) in [6.07, 6.45) is 1.93. The molecule has 1 aliphatic heterocycles. The van der Waals surface area contributed by atoms with Crippen molar-refractivity contribution in [3.8, 4) is 0 Å². The molecular formula is C6H12N2S. The summed E-state index contributed by atoms with van der Waals surface area (Å²) < 4.78 is 0. The van der Waals surface area contributed by atoms with Crippen LogP contribution in [-0.4, -0.2) is 29.8 Å². The smallest absolute Gasteiger partial charge is 0.0445 e. The van der Waals surface area contributed by atoms with Crippen molar-refractivity contribution in [2.75, 3.05) is 19.6 Å². The summed E-state index contributed by atoms with van der Waals surface area (Å²) in [4.78, 5) is 2.32. The van der Waals surface area contributed by atoms with Crippen molar-refractivity contribution in [2.24, 2.45) is 5.14 Å². The molecule has 2 N–H and O–H groups in total. The fourth-order valence-corrected chi connectivity index (χ4v) is 1.53. The minimum absolute atomic E-state index is 0.671. The Morgan fingerprint density at radius 1 is 1.78 bits per heavy atom. The highest BCUT2D eigenvalue weighted by atomic mass is 32.2. The molecular weight excluding hydrogens is 132 g/mol. The van der Waals surface area contributed by atoms with Gasteiger partial charge in [0.05, 0.1) is 0 Å². The summed E-state index contributed by atoms with van der Waals surface area (Å²) in [5.41, 5.74) is 0. The third-order valence-electron chi connectivity index (χ3n) is 1.50. The highest BCUT2D eigenvalue weighted by Gasteiger charge is 2.24. The second-order valence-corrected chi connectivity index (χ2v) is 3.20. The molecule has 1 aliphatic rings. The molecule has 1 saturated heterocycles. The Morgan fingerprint density at radius 3 is 2.89 bits per heavy atom. The highest BCUT2D eigenvalue weighted by Crippen LogP contribution is 2.16. The zero-order valence-electron chi connectivity index (χ0n) is 5.42. The minimum atomic E-state index is 0.671. The molecule has 0 spiro atoms. The number of nitrogens with two attached hydrogens (primary N) is 1. The summed E-state index contributed by atoms with van der Waals surface area (Å²) in [5.74, 6) is 0. The second-order valence-electron chi connectivity index (χ2n) is 2.27. The van der Waals surface area contributed by atoms with Crippen LogP contribution >= 0.6 is 11.9 Å². The van der Waals surface area contributed by atoms with E-state index in [1.807, 2.05) is 6.08 Å². The first-order valence-electron chi connectivity index (χ1n) is 3.05. The largest absolute Gasteiger partial charge is 0.297 e. The maximum Gasteiger partial charge on any atom is 0.0445 e. The van der Waals surface area contributed by atoms with Crippen LogP contribution in [0.25, 0.3) is 0 Å². The molecule has 1 heterocycles. The van der Waals surface area contributed by atoms with Gasteiger partial charge in [-0.2, -0.15) is 0 Å². The molecule has 1 fully saturated rings. The summed E-state index contributed by atoms with van der Waals surface area (Å²) in [7, 11) is 0. The van der Waals surface area contributed by atoms with Gasteiger partial charge in [-0.1, -0.05) is 18.0 Å². The van der Waals surface area contributed by atoms with E-state index in [0.29, 0.717) is 5.25 Å². The Bertz CT molecular complexity index is 99.2. The number of nitrogens with zero attached hydrogens (tertiary/aromatic N) is 1. The molecule has 2 nitrogen and oxygen atoms in total. The van der Waals surface area contributed by atoms with Crippen LogP contribution in [-0.2, 0) is 0 Å². The van der Waals surface area contributed by atoms with Crippen LogP contribution < -0.4 is 5.14 Å². The highest BCUT2D eigenvalue weighted by molar-refractivity contribution is 7.97. The van der Waals surface area contributed by atoms with E-state index in [4.69, 9.17) is 5.14 Å². The second kappa shape index (κ2) is 3.25. The van der Waals surface area contributed by atoms with Crippen LogP contribution in [0.15, 0.2) is 12.7 Å². The van der Waals surface area contributed by atoms with E-state index in [1.165, 1.54) is 11.9 Å². The molecule has 0 bridgehead atoms. The van der Waals surface area contributed by atoms with Crippen molar-refractivity contribution < 1.29 is 0 Å².